The lowest BCUT2D eigenvalue weighted by Crippen LogP contribution is -2.42. The van der Waals surface area contributed by atoms with Gasteiger partial charge in [0.2, 0.25) is 5.82 Å². The molecule has 0 spiro atoms. The molecule has 7 nitrogen and oxygen atoms in total. The van der Waals surface area contributed by atoms with Gasteiger partial charge in [-0.1, -0.05) is 35.5 Å². The number of benzene rings is 1. The van der Waals surface area contributed by atoms with Crippen LogP contribution in [0.5, 0.6) is 0 Å². The van der Waals surface area contributed by atoms with Crippen LogP contribution in [0, 0.1) is 0 Å². The molecule has 1 aromatic carbocycles. The second-order valence-electron chi connectivity index (χ2n) is 5.79. The lowest BCUT2D eigenvalue weighted by molar-refractivity contribution is -0.159. The van der Waals surface area contributed by atoms with Crippen LogP contribution < -0.4 is 0 Å². The van der Waals surface area contributed by atoms with Gasteiger partial charge in [-0.05, 0) is 5.56 Å². The number of carbonyl (C=O) groups excluding carboxylic acids is 2. The fourth-order valence-electron chi connectivity index (χ4n) is 2.14. The molecule has 0 atom stereocenters. The summed E-state index contributed by atoms with van der Waals surface area (Å²) in [4.78, 5) is 29.9. The van der Waals surface area contributed by atoms with Crippen molar-refractivity contribution in [2.24, 2.45) is 0 Å². The Hall–Kier alpha value is -3.17. The monoisotopic (exact) mass is 382 g/mol. The van der Waals surface area contributed by atoms with E-state index < -0.39 is 23.9 Å². The number of aromatic nitrogens is 2. The Labute approximate surface area is 153 Å². The van der Waals surface area contributed by atoms with Gasteiger partial charge in [0.05, 0.1) is 0 Å². The van der Waals surface area contributed by atoms with E-state index in [1.807, 2.05) is 0 Å². The predicted octanol–water partition coefficient (Wildman–Crippen LogP) is 2.36. The average molecular weight is 382 g/mol. The molecule has 0 bridgehead atoms. The van der Waals surface area contributed by atoms with E-state index in [-0.39, 0.29) is 18.9 Å². The van der Waals surface area contributed by atoms with Crippen molar-refractivity contribution in [3.8, 4) is 11.4 Å². The minimum absolute atomic E-state index is 0.130. The standard InChI is InChI=1S/C17H17F3N4O3/c1-4-9-24(15(26)14(25)23(2)3)10-11-5-7-12(8-6-11)13-21-16(27-22-13)17(18,19)20/h4-8H,1,9-10H2,2-3H3. The van der Waals surface area contributed by atoms with Crippen molar-refractivity contribution < 1.29 is 27.3 Å². The molecule has 0 aliphatic carbocycles. The lowest BCUT2D eigenvalue weighted by atomic mass is 10.1. The zero-order chi connectivity index (χ0) is 20.2. The highest BCUT2D eigenvalue weighted by Crippen LogP contribution is 2.29. The van der Waals surface area contributed by atoms with Crippen molar-refractivity contribution in [3.05, 3.63) is 48.4 Å². The zero-order valence-electron chi connectivity index (χ0n) is 14.7. The van der Waals surface area contributed by atoms with Gasteiger partial charge in [-0.3, -0.25) is 9.59 Å². The molecule has 144 valence electrons. The maximum Gasteiger partial charge on any atom is 0.471 e. The van der Waals surface area contributed by atoms with Crippen LogP contribution in [-0.4, -0.2) is 52.4 Å². The Bertz CT molecular complexity index is 829. The van der Waals surface area contributed by atoms with Gasteiger partial charge in [0.1, 0.15) is 0 Å². The maximum absolute atomic E-state index is 12.5. The first-order valence-corrected chi connectivity index (χ1v) is 7.75. The van der Waals surface area contributed by atoms with Crippen molar-refractivity contribution in [2.75, 3.05) is 20.6 Å². The molecule has 27 heavy (non-hydrogen) atoms. The summed E-state index contributed by atoms with van der Waals surface area (Å²) in [5.74, 6) is -2.97. The fraction of sp³-hybridized carbons (Fsp3) is 0.294. The molecule has 1 aromatic heterocycles. The summed E-state index contributed by atoms with van der Waals surface area (Å²) in [5, 5.41) is 3.31. The van der Waals surface area contributed by atoms with Crippen LogP contribution in [0.3, 0.4) is 0 Å². The van der Waals surface area contributed by atoms with E-state index in [9.17, 15) is 22.8 Å². The zero-order valence-corrected chi connectivity index (χ0v) is 14.7. The van der Waals surface area contributed by atoms with Gasteiger partial charge in [-0.15, -0.1) is 6.58 Å². The van der Waals surface area contributed by atoms with Crippen LogP contribution in [0.1, 0.15) is 11.5 Å². The van der Waals surface area contributed by atoms with Crippen LogP contribution in [0.2, 0.25) is 0 Å². The molecule has 10 heteroatoms. The van der Waals surface area contributed by atoms with E-state index in [4.69, 9.17) is 0 Å². The number of carbonyl (C=O) groups is 2. The van der Waals surface area contributed by atoms with E-state index in [0.717, 1.165) is 0 Å². The molecule has 0 N–H and O–H groups in total. The van der Waals surface area contributed by atoms with E-state index in [1.54, 1.807) is 12.1 Å². The van der Waals surface area contributed by atoms with Crippen LogP contribution in [0.4, 0.5) is 13.2 Å². The normalized spacial score (nSPS) is 11.1. The lowest BCUT2D eigenvalue weighted by Gasteiger charge is -2.22. The number of halogens is 3. The van der Waals surface area contributed by atoms with Gasteiger partial charge in [0.25, 0.3) is 0 Å². The molecule has 0 radical (unpaired) electrons. The maximum atomic E-state index is 12.5. The molecule has 1 heterocycles. The molecule has 2 rings (SSSR count). The Morgan fingerprint density at radius 1 is 1.19 bits per heavy atom. The van der Waals surface area contributed by atoms with Crippen LogP contribution in [0.15, 0.2) is 41.4 Å². The number of amides is 2. The molecule has 0 fully saturated rings. The third-order valence-corrected chi connectivity index (χ3v) is 3.48. The quantitative estimate of drug-likeness (QED) is 0.586. The van der Waals surface area contributed by atoms with E-state index in [0.29, 0.717) is 11.1 Å². The van der Waals surface area contributed by atoms with Crippen molar-refractivity contribution in [1.29, 1.82) is 0 Å². The number of likely N-dealkylation sites (N-methyl/N-ethyl adjacent to an activating group) is 1. The summed E-state index contributed by atoms with van der Waals surface area (Å²) in [5.41, 5.74) is 0.990. The largest absolute Gasteiger partial charge is 0.471 e. The highest BCUT2D eigenvalue weighted by Gasteiger charge is 2.38. The Morgan fingerprint density at radius 3 is 2.30 bits per heavy atom. The Balaban J connectivity index is 2.15. The van der Waals surface area contributed by atoms with Crippen molar-refractivity contribution in [3.63, 3.8) is 0 Å². The van der Waals surface area contributed by atoms with Crippen molar-refractivity contribution in [1.82, 2.24) is 19.9 Å². The molecular weight excluding hydrogens is 365 g/mol. The Morgan fingerprint density at radius 2 is 1.81 bits per heavy atom. The predicted molar refractivity (Wildman–Crippen MR) is 89.0 cm³/mol. The van der Waals surface area contributed by atoms with E-state index in [2.05, 4.69) is 21.2 Å². The average Bonchev–Trinajstić information content (AvgIpc) is 3.11. The van der Waals surface area contributed by atoms with Gasteiger partial charge in [0.15, 0.2) is 0 Å². The first-order valence-electron chi connectivity index (χ1n) is 7.75. The molecule has 2 amide bonds. The van der Waals surface area contributed by atoms with Crippen molar-refractivity contribution in [2.45, 2.75) is 12.7 Å². The number of hydrogen-bond donors (Lipinski definition) is 0. The van der Waals surface area contributed by atoms with Gasteiger partial charge < -0.3 is 14.3 Å². The number of rotatable bonds is 5. The minimum Gasteiger partial charge on any atom is -0.341 e. The smallest absolute Gasteiger partial charge is 0.341 e. The molecule has 0 aliphatic heterocycles. The molecule has 0 aliphatic rings. The SMILES string of the molecule is C=CCN(Cc1ccc(-c2noc(C(F)(F)F)n2)cc1)C(=O)C(=O)N(C)C. The second-order valence-corrected chi connectivity index (χ2v) is 5.79. The summed E-state index contributed by atoms with van der Waals surface area (Å²) in [6, 6.07) is 6.21. The second kappa shape index (κ2) is 8.02. The topological polar surface area (TPSA) is 79.5 Å². The number of alkyl halides is 3. The van der Waals surface area contributed by atoms with Crippen LogP contribution in [0.25, 0.3) is 11.4 Å². The summed E-state index contributed by atoms with van der Waals surface area (Å²) in [6.45, 7) is 3.86. The third-order valence-electron chi connectivity index (χ3n) is 3.48. The molecule has 2 aromatic rings. The molecule has 0 unspecified atom stereocenters. The van der Waals surface area contributed by atoms with Gasteiger partial charge >= 0.3 is 23.9 Å². The highest BCUT2D eigenvalue weighted by molar-refractivity contribution is 6.34. The highest BCUT2D eigenvalue weighted by atomic mass is 19.4. The van der Waals surface area contributed by atoms with Gasteiger partial charge in [0, 0.05) is 32.7 Å². The molecular formula is C17H17F3N4O3. The number of nitrogens with zero attached hydrogens (tertiary/aromatic N) is 4. The summed E-state index contributed by atoms with van der Waals surface area (Å²) >= 11 is 0. The third kappa shape index (κ3) is 4.93. The first kappa shape index (κ1) is 20.1. The summed E-state index contributed by atoms with van der Waals surface area (Å²) < 4.78 is 41.8. The molecule has 0 saturated heterocycles. The minimum atomic E-state index is -4.71. The summed E-state index contributed by atoms with van der Waals surface area (Å²) in [7, 11) is 2.95. The van der Waals surface area contributed by atoms with E-state index >= 15 is 0 Å². The van der Waals surface area contributed by atoms with Gasteiger partial charge in [-0.2, -0.15) is 18.2 Å². The fourth-order valence-corrected chi connectivity index (χ4v) is 2.14. The van der Waals surface area contributed by atoms with E-state index in [1.165, 1.54) is 42.1 Å². The first-order chi connectivity index (χ1) is 12.6. The Kier molecular flexibility index (Phi) is 5.98. The molecule has 0 saturated carbocycles. The van der Waals surface area contributed by atoms with Gasteiger partial charge in [-0.25, -0.2) is 0 Å². The van der Waals surface area contributed by atoms with Crippen molar-refractivity contribution >= 4 is 11.8 Å². The number of hydrogen-bond acceptors (Lipinski definition) is 5. The van der Waals surface area contributed by atoms with Crippen LogP contribution >= 0.6 is 0 Å². The van der Waals surface area contributed by atoms with Crippen LogP contribution in [-0.2, 0) is 22.3 Å². The summed E-state index contributed by atoms with van der Waals surface area (Å²) in [6.07, 6.45) is -3.22.